The molecule has 0 aromatic heterocycles. The second-order valence-corrected chi connectivity index (χ2v) is 7.48. The molecule has 0 aliphatic heterocycles. The van der Waals surface area contributed by atoms with E-state index in [0.29, 0.717) is 10.8 Å². The first kappa shape index (κ1) is 15.8. The summed E-state index contributed by atoms with van der Waals surface area (Å²) in [5.41, 5.74) is 1.13. The summed E-state index contributed by atoms with van der Waals surface area (Å²) in [6.45, 7) is 0. The van der Waals surface area contributed by atoms with Crippen LogP contribution in [0.4, 0.5) is 0 Å². The van der Waals surface area contributed by atoms with Crippen LogP contribution < -0.4 is 4.72 Å². The lowest BCUT2D eigenvalue weighted by molar-refractivity contribution is 0.412. The van der Waals surface area contributed by atoms with Crippen LogP contribution in [0.2, 0.25) is 0 Å². The van der Waals surface area contributed by atoms with Crippen molar-refractivity contribution in [1.82, 2.24) is 4.72 Å². The van der Waals surface area contributed by atoms with Crippen molar-refractivity contribution in [3.05, 3.63) is 29.8 Å². The van der Waals surface area contributed by atoms with Crippen molar-refractivity contribution in [1.29, 1.82) is 0 Å². The summed E-state index contributed by atoms with van der Waals surface area (Å²) >= 11 is 5.66. The number of nitrogens with one attached hydrogen (secondary N) is 1. The maximum absolute atomic E-state index is 12.3. The number of benzene rings is 1. The molecule has 0 saturated heterocycles. The van der Waals surface area contributed by atoms with Crippen molar-refractivity contribution in [2.45, 2.75) is 55.9 Å². The van der Waals surface area contributed by atoms with Crippen LogP contribution in [0.15, 0.2) is 29.2 Å². The van der Waals surface area contributed by atoms with E-state index in [1.165, 1.54) is 6.42 Å². The molecule has 1 N–H and O–H groups in total. The van der Waals surface area contributed by atoms with E-state index in [1.807, 2.05) is 12.1 Å². The van der Waals surface area contributed by atoms with Gasteiger partial charge >= 0.3 is 0 Å². The van der Waals surface area contributed by atoms with E-state index in [1.54, 1.807) is 12.1 Å². The fraction of sp³-hybridized carbons (Fsp3) is 0.600. The van der Waals surface area contributed by atoms with Gasteiger partial charge in [-0.1, -0.05) is 31.4 Å². The minimum Gasteiger partial charge on any atom is -0.208 e. The summed E-state index contributed by atoms with van der Waals surface area (Å²) in [5.74, 6) is 0.628. The lowest BCUT2D eigenvalue weighted by atomic mass is 9.96. The van der Waals surface area contributed by atoms with Crippen LogP contribution in [-0.2, 0) is 16.4 Å². The molecule has 112 valence electrons. The molecule has 20 heavy (non-hydrogen) atoms. The van der Waals surface area contributed by atoms with Crippen molar-refractivity contribution in [2.75, 3.05) is 5.88 Å². The number of halogens is 1. The highest BCUT2D eigenvalue weighted by Gasteiger charge is 2.21. The predicted octanol–water partition coefficient (Wildman–Crippen LogP) is 3.47. The average molecular weight is 316 g/mol. The van der Waals surface area contributed by atoms with E-state index in [4.69, 9.17) is 11.6 Å². The molecule has 0 spiro atoms. The lowest BCUT2D eigenvalue weighted by Crippen LogP contribution is -2.36. The Bertz CT molecular complexity index is 507. The van der Waals surface area contributed by atoms with Crippen molar-refractivity contribution in [2.24, 2.45) is 0 Å². The third-order valence-electron chi connectivity index (χ3n) is 3.76. The molecule has 0 radical (unpaired) electrons. The number of alkyl halides is 1. The maximum Gasteiger partial charge on any atom is 0.240 e. The van der Waals surface area contributed by atoms with Gasteiger partial charge in [-0.3, -0.25) is 0 Å². The number of hydrogen-bond donors (Lipinski definition) is 1. The molecule has 1 saturated carbocycles. The molecule has 1 aliphatic rings. The minimum atomic E-state index is -3.37. The van der Waals surface area contributed by atoms with Gasteiger partial charge in [-0.25, -0.2) is 13.1 Å². The van der Waals surface area contributed by atoms with E-state index in [9.17, 15) is 8.42 Å². The first-order valence-electron chi connectivity index (χ1n) is 7.29. The van der Waals surface area contributed by atoms with Crippen LogP contribution in [0.5, 0.6) is 0 Å². The van der Waals surface area contributed by atoms with Crippen molar-refractivity contribution >= 4 is 21.6 Å². The Balaban J connectivity index is 2.01. The van der Waals surface area contributed by atoms with Crippen LogP contribution in [0.25, 0.3) is 0 Å². The van der Waals surface area contributed by atoms with Gasteiger partial charge in [-0.2, -0.15) is 0 Å². The summed E-state index contributed by atoms with van der Waals surface area (Å²) < 4.78 is 27.4. The highest BCUT2D eigenvalue weighted by molar-refractivity contribution is 7.89. The van der Waals surface area contributed by atoms with E-state index in [-0.39, 0.29) is 6.04 Å². The van der Waals surface area contributed by atoms with Crippen LogP contribution in [0.1, 0.15) is 44.1 Å². The zero-order valence-electron chi connectivity index (χ0n) is 11.6. The predicted molar refractivity (Wildman–Crippen MR) is 82.7 cm³/mol. The SMILES string of the molecule is O=S(=O)(NC1CCCCC1)c1ccc(CCCCl)cc1. The normalized spacial score (nSPS) is 17.2. The summed E-state index contributed by atoms with van der Waals surface area (Å²) in [4.78, 5) is 0.359. The number of sulfonamides is 1. The van der Waals surface area contributed by atoms with Gasteiger partial charge in [0.25, 0.3) is 0 Å². The van der Waals surface area contributed by atoms with Gasteiger partial charge in [0.05, 0.1) is 4.90 Å². The van der Waals surface area contributed by atoms with Gasteiger partial charge in [0.15, 0.2) is 0 Å². The summed E-state index contributed by atoms with van der Waals surface area (Å²) in [6, 6.07) is 7.23. The van der Waals surface area contributed by atoms with E-state index in [0.717, 1.165) is 44.1 Å². The van der Waals surface area contributed by atoms with Gasteiger partial charge in [0.1, 0.15) is 0 Å². The topological polar surface area (TPSA) is 46.2 Å². The molecule has 0 amide bonds. The van der Waals surface area contributed by atoms with Crippen molar-refractivity contribution in [3.63, 3.8) is 0 Å². The fourth-order valence-corrected chi connectivity index (χ4v) is 4.05. The summed E-state index contributed by atoms with van der Waals surface area (Å²) in [5, 5.41) is 0. The third-order valence-corrected chi connectivity index (χ3v) is 5.56. The van der Waals surface area contributed by atoms with Gasteiger partial charge in [-0.15, -0.1) is 11.6 Å². The molecule has 0 unspecified atom stereocenters. The van der Waals surface area contributed by atoms with E-state index < -0.39 is 10.0 Å². The van der Waals surface area contributed by atoms with E-state index >= 15 is 0 Å². The lowest BCUT2D eigenvalue weighted by Gasteiger charge is -2.22. The third kappa shape index (κ3) is 4.47. The largest absolute Gasteiger partial charge is 0.240 e. The molecule has 0 bridgehead atoms. The minimum absolute atomic E-state index is 0.102. The Labute approximate surface area is 126 Å². The number of aryl methyl sites for hydroxylation is 1. The molecule has 0 heterocycles. The second-order valence-electron chi connectivity index (χ2n) is 5.39. The molecule has 1 aromatic rings. The standard InChI is InChI=1S/C15H22ClNO2S/c16-12-4-5-13-8-10-15(11-9-13)20(18,19)17-14-6-2-1-3-7-14/h8-11,14,17H,1-7,12H2. The molecule has 3 nitrogen and oxygen atoms in total. The smallest absolute Gasteiger partial charge is 0.208 e. The van der Waals surface area contributed by atoms with Crippen molar-refractivity contribution < 1.29 is 8.42 Å². The Morgan fingerprint density at radius 1 is 1.10 bits per heavy atom. The average Bonchev–Trinajstić information content (AvgIpc) is 2.46. The first-order chi connectivity index (χ1) is 9.62. The molecule has 0 atom stereocenters. The zero-order chi connectivity index (χ0) is 14.4. The molecular formula is C15H22ClNO2S. The van der Waals surface area contributed by atoms with Crippen LogP contribution >= 0.6 is 11.6 Å². The molecule has 1 aromatic carbocycles. The van der Waals surface area contributed by atoms with Crippen LogP contribution in [-0.4, -0.2) is 20.3 Å². The van der Waals surface area contributed by atoms with Gasteiger partial charge in [-0.05, 0) is 43.4 Å². The quantitative estimate of drug-likeness (QED) is 0.817. The van der Waals surface area contributed by atoms with Crippen LogP contribution in [0, 0.1) is 0 Å². The Morgan fingerprint density at radius 2 is 1.75 bits per heavy atom. The number of rotatable bonds is 6. The van der Waals surface area contributed by atoms with Gasteiger partial charge in [0, 0.05) is 11.9 Å². The summed E-state index contributed by atoms with van der Waals surface area (Å²) in [6.07, 6.45) is 7.15. The zero-order valence-corrected chi connectivity index (χ0v) is 13.2. The molecule has 5 heteroatoms. The highest BCUT2D eigenvalue weighted by atomic mass is 35.5. The molecule has 1 fully saturated rings. The Hall–Kier alpha value is -0.580. The molecular weight excluding hydrogens is 294 g/mol. The Kier molecular flexibility index (Phi) is 5.87. The van der Waals surface area contributed by atoms with Gasteiger partial charge < -0.3 is 0 Å². The van der Waals surface area contributed by atoms with Crippen LogP contribution in [0.3, 0.4) is 0 Å². The first-order valence-corrected chi connectivity index (χ1v) is 9.31. The maximum atomic E-state index is 12.3. The molecule has 1 aliphatic carbocycles. The van der Waals surface area contributed by atoms with E-state index in [2.05, 4.69) is 4.72 Å². The number of hydrogen-bond acceptors (Lipinski definition) is 2. The van der Waals surface area contributed by atoms with Crippen molar-refractivity contribution in [3.8, 4) is 0 Å². The summed E-state index contributed by atoms with van der Waals surface area (Å²) in [7, 11) is -3.37. The van der Waals surface area contributed by atoms with Gasteiger partial charge in [0.2, 0.25) is 10.0 Å². The fourth-order valence-electron chi connectivity index (χ4n) is 2.61. The molecule has 2 rings (SSSR count). The second kappa shape index (κ2) is 7.43. The monoisotopic (exact) mass is 315 g/mol. The highest BCUT2D eigenvalue weighted by Crippen LogP contribution is 2.20. The Morgan fingerprint density at radius 3 is 2.35 bits per heavy atom.